The van der Waals surface area contributed by atoms with E-state index in [0.717, 1.165) is 3.79 Å². The molecule has 1 unspecified atom stereocenters. The third kappa shape index (κ3) is 4.54. The molecule has 0 spiro atoms. The Hall–Kier alpha value is -1.93. The molecule has 22 heavy (non-hydrogen) atoms. The summed E-state index contributed by atoms with van der Waals surface area (Å²) < 4.78 is 18.9. The number of halogens is 2. The predicted molar refractivity (Wildman–Crippen MR) is 84.1 cm³/mol. The SMILES string of the molecule is CC(Oc1ccc(F)cc1)C(=O)NNC(=O)c1csc(Br)c1. The van der Waals surface area contributed by atoms with Crippen molar-refractivity contribution >= 4 is 39.1 Å². The maximum atomic E-state index is 12.8. The van der Waals surface area contributed by atoms with E-state index < -0.39 is 23.7 Å². The van der Waals surface area contributed by atoms with Crippen molar-refractivity contribution < 1.29 is 18.7 Å². The fraction of sp³-hybridized carbons (Fsp3) is 0.143. The molecule has 8 heteroatoms. The van der Waals surface area contributed by atoms with Crippen molar-refractivity contribution in [3.8, 4) is 5.75 Å². The van der Waals surface area contributed by atoms with Crippen LogP contribution >= 0.6 is 27.3 Å². The first-order valence-corrected chi connectivity index (χ1v) is 7.89. The first-order valence-electron chi connectivity index (χ1n) is 6.22. The average Bonchev–Trinajstić information content (AvgIpc) is 2.93. The van der Waals surface area contributed by atoms with Gasteiger partial charge >= 0.3 is 0 Å². The molecule has 1 aromatic heterocycles. The molecule has 0 radical (unpaired) electrons. The molecule has 1 atom stereocenters. The molecule has 2 N–H and O–H groups in total. The Bertz CT molecular complexity index is 675. The van der Waals surface area contributed by atoms with Gasteiger partial charge in [0.25, 0.3) is 11.8 Å². The standard InChI is InChI=1S/C14H12BrFN2O3S/c1-8(21-11-4-2-10(16)3-5-11)13(19)17-18-14(20)9-6-12(15)22-7-9/h2-8H,1H3,(H,17,19)(H,18,20). The second-order valence-corrected chi connectivity index (χ2v) is 6.59. The van der Waals surface area contributed by atoms with Crippen LogP contribution in [0.1, 0.15) is 17.3 Å². The minimum absolute atomic E-state index is 0.358. The van der Waals surface area contributed by atoms with Gasteiger partial charge in [-0.3, -0.25) is 20.4 Å². The number of rotatable bonds is 4. The van der Waals surface area contributed by atoms with Gasteiger partial charge in [-0.1, -0.05) is 0 Å². The van der Waals surface area contributed by atoms with E-state index in [1.54, 1.807) is 11.4 Å². The molecule has 1 aromatic carbocycles. The summed E-state index contributed by atoms with van der Waals surface area (Å²) in [5.41, 5.74) is 5.00. The highest BCUT2D eigenvalue weighted by Gasteiger charge is 2.16. The van der Waals surface area contributed by atoms with Gasteiger partial charge in [-0.2, -0.15) is 0 Å². The summed E-state index contributed by atoms with van der Waals surface area (Å²) in [5.74, 6) is -0.980. The lowest BCUT2D eigenvalue weighted by Crippen LogP contribution is -2.47. The topological polar surface area (TPSA) is 67.4 Å². The second-order valence-electron chi connectivity index (χ2n) is 4.30. The highest BCUT2D eigenvalue weighted by molar-refractivity contribution is 9.11. The zero-order valence-corrected chi connectivity index (χ0v) is 13.8. The number of ether oxygens (including phenoxy) is 1. The predicted octanol–water partition coefficient (Wildman–Crippen LogP) is 2.88. The van der Waals surface area contributed by atoms with Crippen LogP contribution in [0.15, 0.2) is 39.5 Å². The molecule has 0 aliphatic carbocycles. The maximum absolute atomic E-state index is 12.8. The second kappa shape index (κ2) is 7.37. The summed E-state index contributed by atoms with van der Waals surface area (Å²) in [7, 11) is 0. The zero-order valence-electron chi connectivity index (χ0n) is 11.4. The van der Waals surface area contributed by atoms with E-state index in [-0.39, 0.29) is 0 Å². The normalized spacial score (nSPS) is 11.6. The Morgan fingerprint density at radius 1 is 1.27 bits per heavy atom. The van der Waals surface area contributed by atoms with E-state index >= 15 is 0 Å². The molecule has 116 valence electrons. The fourth-order valence-electron chi connectivity index (χ4n) is 1.49. The van der Waals surface area contributed by atoms with Crippen molar-refractivity contribution in [3.63, 3.8) is 0 Å². The minimum Gasteiger partial charge on any atom is -0.481 e. The smallest absolute Gasteiger partial charge is 0.279 e. The number of hydrogen-bond acceptors (Lipinski definition) is 4. The molecule has 5 nitrogen and oxygen atoms in total. The van der Waals surface area contributed by atoms with Gasteiger partial charge in [-0.25, -0.2) is 4.39 Å². The van der Waals surface area contributed by atoms with Crippen molar-refractivity contribution in [1.82, 2.24) is 10.9 Å². The first-order chi connectivity index (χ1) is 10.5. The van der Waals surface area contributed by atoms with E-state index in [9.17, 15) is 14.0 Å². The monoisotopic (exact) mass is 386 g/mol. The van der Waals surface area contributed by atoms with Crippen molar-refractivity contribution in [3.05, 3.63) is 50.9 Å². The van der Waals surface area contributed by atoms with Gasteiger partial charge in [0.05, 0.1) is 9.35 Å². The number of thiophene rings is 1. The van der Waals surface area contributed by atoms with Crippen molar-refractivity contribution in [2.24, 2.45) is 0 Å². The Morgan fingerprint density at radius 3 is 2.55 bits per heavy atom. The van der Waals surface area contributed by atoms with Crippen LogP contribution in [-0.2, 0) is 4.79 Å². The molecule has 1 heterocycles. The first kappa shape index (κ1) is 16.4. The summed E-state index contributed by atoms with van der Waals surface area (Å²) in [5, 5.41) is 1.66. The van der Waals surface area contributed by atoms with Crippen molar-refractivity contribution in [2.45, 2.75) is 13.0 Å². The number of benzene rings is 1. The summed E-state index contributed by atoms with van der Waals surface area (Å²) in [6.07, 6.45) is -0.847. The van der Waals surface area contributed by atoms with E-state index in [0.29, 0.717) is 11.3 Å². The van der Waals surface area contributed by atoms with Gasteiger partial charge in [0, 0.05) is 5.38 Å². The van der Waals surface area contributed by atoms with Gasteiger partial charge in [0.15, 0.2) is 6.10 Å². The zero-order chi connectivity index (χ0) is 16.1. The molecule has 0 bridgehead atoms. The molecule has 2 rings (SSSR count). The fourth-order valence-corrected chi connectivity index (χ4v) is 2.63. The lowest BCUT2D eigenvalue weighted by atomic mass is 10.3. The summed E-state index contributed by atoms with van der Waals surface area (Å²) in [4.78, 5) is 23.6. The van der Waals surface area contributed by atoms with Crippen LogP contribution in [0.4, 0.5) is 4.39 Å². The van der Waals surface area contributed by atoms with Crippen LogP contribution in [0, 0.1) is 5.82 Å². The number of amides is 2. The number of nitrogens with one attached hydrogen (secondary N) is 2. The lowest BCUT2D eigenvalue weighted by molar-refractivity contribution is -0.128. The van der Waals surface area contributed by atoms with E-state index in [2.05, 4.69) is 26.8 Å². The van der Waals surface area contributed by atoms with E-state index in [1.807, 2.05) is 0 Å². The van der Waals surface area contributed by atoms with Gasteiger partial charge < -0.3 is 4.74 Å². The third-order valence-corrected chi connectivity index (χ3v) is 4.13. The van der Waals surface area contributed by atoms with Crippen LogP contribution in [0.5, 0.6) is 5.75 Å². The molecular formula is C14H12BrFN2O3S. The Labute approximate surface area is 138 Å². The summed E-state index contributed by atoms with van der Waals surface area (Å²) >= 11 is 4.61. The number of carbonyl (C=O) groups excluding carboxylic acids is 2. The minimum atomic E-state index is -0.847. The molecular weight excluding hydrogens is 375 g/mol. The van der Waals surface area contributed by atoms with Gasteiger partial charge in [-0.15, -0.1) is 11.3 Å². The molecule has 0 fully saturated rings. The molecule has 0 saturated heterocycles. The van der Waals surface area contributed by atoms with Gasteiger partial charge in [-0.05, 0) is 53.2 Å². The quantitative estimate of drug-likeness (QED) is 0.793. The van der Waals surface area contributed by atoms with Crippen molar-refractivity contribution in [2.75, 3.05) is 0 Å². The molecule has 0 saturated carbocycles. The van der Waals surface area contributed by atoms with Crippen molar-refractivity contribution in [1.29, 1.82) is 0 Å². The van der Waals surface area contributed by atoms with E-state index in [4.69, 9.17) is 4.74 Å². The number of carbonyl (C=O) groups is 2. The molecule has 0 aliphatic rings. The van der Waals surface area contributed by atoms with Crippen LogP contribution in [-0.4, -0.2) is 17.9 Å². The number of hydrazine groups is 1. The number of hydrogen-bond donors (Lipinski definition) is 2. The van der Waals surface area contributed by atoms with Crippen LogP contribution in [0.3, 0.4) is 0 Å². The lowest BCUT2D eigenvalue weighted by Gasteiger charge is -2.14. The molecule has 2 amide bonds. The maximum Gasteiger partial charge on any atom is 0.279 e. The van der Waals surface area contributed by atoms with E-state index in [1.165, 1.54) is 42.5 Å². The molecule has 0 aliphatic heterocycles. The van der Waals surface area contributed by atoms with Crippen LogP contribution in [0.25, 0.3) is 0 Å². The Balaban J connectivity index is 1.83. The highest BCUT2D eigenvalue weighted by atomic mass is 79.9. The highest BCUT2D eigenvalue weighted by Crippen LogP contribution is 2.20. The Morgan fingerprint density at radius 2 is 1.95 bits per heavy atom. The Kier molecular flexibility index (Phi) is 5.51. The van der Waals surface area contributed by atoms with Gasteiger partial charge in [0.1, 0.15) is 11.6 Å². The van der Waals surface area contributed by atoms with Crippen LogP contribution < -0.4 is 15.6 Å². The molecule has 2 aromatic rings. The summed E-state index contributed by atoms with van der Waals surface area (Å²) in [6, 6.07) is 6.94. The largest absolute Gasteiger partial charge is 0.481 e. The average molecular weight is 387 g/mol. The van der Waals surface area contributed by atoms with Crippen LogP contribution in [0.2, 0.25) is 0 Å². The third-order valence-electron chi connectivity index (χ3n) is 2.62. The summed E-state index contributed by atoms with van der Waals surface area (Å²) in [6.45, 7) is 1.52. The van der Waals surface area contributed by atoms with Gasteiger partial charge in [0.2, 0.25) is 0 Å².